The molecule has 3 heteroatoms. The lowest BCUT2D eigenvalue weighted by Crippen LogP contribution is -2.03. The van der Waals surface area contributed by atoms with Crippen molar-refractivity contribution in [3.8, 4) is 5.75 Å². The van der Waals surface area contributed by atoms with E-state index in [1.165, 1.54) is 14.3 Å². The fourth-order valence-corrected chi connectivity index (χ4v) is 2.04. The molecular formula is C13H13IO2. The lowest BCUT2D eigenvalue weighted by molar-refractivity contribution is 0.146. The van der Waals surface area contributed by atoms with E-state index >= 15 is 0 Å². The van der Waals surface area contributed by atoms with Crippen LogP contribution in [0.5, 0.6) is 5.75 Å². The van der Waals surface area contributed by atoms with Gasteiger partial charge in [0.2, 0.25) is 0 Å². The van der Waals surface area contributed by atoms with Crippen molar-refractivity contribution in [3.63, 3.8) is 0 Å². The van der Waals surface area contributed by atoms with E-state index < -0.39 is 0 Å². The Morgan fingerprint density at radius 1 is 1.00 bits per heavy atom. The van der Waals surface area contributed by atoms with Gasteiger partial charge in [0.25, 0.3) is 0 Å². The summed E-state index contributed by atoms with van der Waals surface area (Å²) in [5.74, 6) is 0.894. The minimum absolute atomic E-state index is 0.590. The molecular weight excluding hydrogens is 315 g/mol. The predicted octanol–water partition coefficient (Wildman–Crippen LogP) is 3.47. The highest BCUT2D eigenvalue weighted by Gasteiger charge is 1.98. The van der Waals surface area contributed by atoms with Crippen LogP contribution in [-0.4, -0.2) is 20.3 Å². The van der Waals surface area contributed by atoms with Crippen LogP contribution in [0.25, 0.3) is 10.8 Å². The molecule has 0 fully saturated rings. The van der Waals surface area contributed by atoms with E-state index in [0.717, 1.165) is 5.75 Å². The van der Waals surface area contributed by atoms with Gasteiger partial charge in [0.15, 0.2) is 0 Å². The second kappa shape index (κ2) is 5.50. The number of halogens is 1. The van der Waals surface area contributed by atoms with Crippen LogP contribution in [0.15, 0.2) is 36.4 Å². The maximum atomic E-state index is 5.56. The van der Waals surface area contributed by atoms with Crippen molar-refractivity contribution in [3.05, 3.63) is 40.0 Å². The fraction of sp³-hybridized carbons (Fsp3) is 0.231. The molecule has 0 aliphatic carbocycles. The molecule has 2 rings (SSSR count). The largest absolute Gasteiger partial charge is 0.491 e. The summed E-state index contributed by atoms with van der Waals surface area (Å²) in [7, 11) is 1.67. The summed E-state index contributed by atoms with van der Waals surface area (Å²) in [5.41, 5.74) is 0. The van der Waals surface area contributed by atoms with Gasteiger partial charge in [0, 0.05) is 10.7 Å². The van der Waals surface area contributed by atoms with Crippen LogP contribution < -0.4 is 4.74 Å². The zero-order chi connectivity index (χ0) is 11.4. The molecule has 0 heterocycles. The molecule has 16 heavy (non-hydrogen) atoms. The lowest BCUT2D eigenvalue weighted by Gasteiger charge is -2.06. The maximum absolute atomic E-state index is 5.56. The van der Waals surface area contributed by atoms with Crippen LogP contribution in [0.2, 0.25) is 0 Å². The lowest BCUT2D eigenvalue weighted by atomic mass is 10.1. The molecule has 0 radical (unpaired) electrons. The first kappa shape index (κ1) is 11.7. The molecule has 0 aromatic heterocycles. The van der Waals surface area contributed by atoms with Gasteiger partial charge in [0.1, 0.15) is 12.4 Å². The van der Waals surface area contributed by atoms with Crippen LogP contribution in [0.4, 0.5) is 0 Å². The molecule has 0 saturated heterocycles. The Balaban J connectivity index is 2.20. The van der Waals surface area contributed by atoms with Crippen LogP contribution >= 0.6 is 22.6 Å². The molecule has 2 aromatic carbocycles. The summed E-state index contributed by atoms with van der Waals surface area (Å²) in [6.07, 6.45) is 0. The SMILES string of the molecule is COCCOc1ccc2cc(I)ccc2c1. The number of hydrogen-bond donors (Lipinski definition) is 0. The Morgan fingerprint density at radius 3 is 2.56 bits per heavy atom. The first-order valence-electron chi connectivity index (χ1n) is 5.10. The molecule has 2 nitrogen and oxygen atoms in total. The zero-order valence-corrected chi connectivity index (χ0v) is 11.2. The van der Waals surface area contributed by atoms with E-state index in [9.17, 15) is 0 Å². The molecule has 84 valence electrons. The molecule has 0 aliphatic heterocycles. The normalized spacial score (nSPS) is 10.6. The molecule has 0 spiro atoms. The summed E-state index contributed by atoms with van der Waals surface area (Å²) in [6, 6.07) is 12.5. The quantitative estimate of drug-likeness (QED) is 0.632. The Morgan fingerprint density at radius 2 is 1.75 bits per heavy atom. The maximum Gasteiger partial charge on any atom is 0.120 e. The Labute approximate surface area is 109 Å². The summed E-state index contributed by atoms with van der Waals surface area (Å²) in [6.45, 7) is 1.21. The van der Waals surface area contributed by atoms with E-state index in [-0.39, 0.29) is 0 Å². The standard InChI is InChI=1S/C13H13IO2/c1-15-6-7-16-13-5-3-10-8-12(14)4-2-11(10)9-13/h2-5,8-9H,6-7H2,1H3. The number of ether oxygens (including phenoxy) is 2. The highest BCUT2D eigenvalue weighted by Crippen LogP contribution is 2.22. The second-order valence-electron chi connectivity index (χ2n) is 3.49. The Hall–Kier alpha value is -0.810. The summed E-state index contributed by atoms with van der Waals surface area (Å²) in [4.78, 5) is 0. The Bertz CT molecular complexity index is 482. The molecule has 0 amide bonds. The number of hydrogen-bond acceptors (Lipinski definition) is 2. The van der Waals surface area contributed by atoms with Crippen molar-refractivity contribution >= 4 is 33.4 Å². The number of rotatable bonds is 4. The van der Waals surface area contributed by atoms with Crippen molar-refractivity contribution in [2.24, 2.45) is 0 Å². The molecule has 0 saturated carbocycles. The third-order valence-electron chi connectivity index (χ3n) is 2.33. The van der Waals surface area contributed by atoms with Crippen molar-refractivity contribution in [2.45, 2.75) is 0 Å². The van der Waals surface area contributed by atoms with Crippen molar-refractivity contribution in [1.82, 2.24) is 0 Å². The van der Waals surface area contributed by atoms with Crippen LogP contribution in [-0.2, 0) is 4.74 Å². The number of fused-ring (bicyclic) bond motifs is 1. The van der Waals surface area contributed by atoms with Gasteiger partial charge < -0.3 is 9.47 Å². The Kier molecular flexibility index (Phi) is 4.01. The fourth-order valence-electron chi connectivity index (χ4n) is 1.53. The minimum atomic E-state index is 0.590. The van der Waals surface area contributed by atoms with Crippen LogP contribution in [0.1, 0.15) is 0 Å². The van der Waals surface area contributed by atoms with Gasteiger partial charge in [0.05, 0.1) is 6.61 Å². The van der Waals surface area contributed by atoms with E-state index in [2.05, 4.69) is 52.9 Å². The van der Waals surface area contributed by atoms with E-state index in [1.807, 2.05) is 6.07 Å². The summed E-state index contributed by atoms with van der Waals surface area (Å²) >= 11 is 2.32. The van der Waals surface area contributed by atoms with Crippen LogP contribution in [0.3, 0.4) is 0 Å². The molecule has 2 aromatic rings. The molecule has 0 aliphatic rings. The van der Waals surface area contributed by atoms with Gasteiger partial charge in [-0.05, 0) is 57.6 Å². The van der Waals surface area contributed by atoms with Crippen molar-refractivity contribution < 1.29 is 9.47 Å². The van der Waals surface area contributed by atoms with Gasteiger partial charge in [-0.3, -0.25) is 0 Å². The second-order valence-corrected chi connectivity index (χ2v) is 4.74. The minimum Gasteiger partial charge on any atom is -0.491 e. The van der Waals surface area contributed by atoms with E-state index in [1.54, 1.807) is 7.11 Å². The first-order chi connectivity index (χ1) is 7.79. The summed E-state index contributed by atoms with van der Waals surface area (Å²) < 4.78 is 11.7. The van der Waals surface area contributed by atoms with Gasteiger partial charge in [-0.1, -0.05) is 12.1 Å². The average molecular weight is 328 g/mol. The molecule has 0 atom stereocenters. The monoisotopic (exact) mass is 328 g/mol. The van der Waals surface area contributed by atoms with Gasteiger partial charge in [-0.15, -0.1) is 0 Å². The van der Waals surface area contributed by atoms with Crippen molar-refractivity contribution in [1.29, 1.82) is 0 Å². The summed E-state index contributed by atoms with van der Waals surface area (Å²) in [5, 5.41) is 2.45. The smallest absolute Gasteiger partial charge is 0.120 e. The molecule has 0 bridgehead atoms. The molecule has 0 unspecified atom stereocenters. The van der Waals surface area contributed by atoms with Gasteiger partial charge >= 0.3 is 0 Å². The topological polar surface area (TPSA) is 18.5 Å². The van der Waals surface area contributed by atoms with Crippen LogP contribution in [0, 0.1) is 3.57 Å². The highest BCUT2D eigenvalue weighted by molar-refractivity contribution is 14.1. The first-order valence-corrected chi connectivity index (χ1v) is 6.18. The van der Waals surface area contributed by atoms with E-state index in [4.69, 9.17) is 9.47 Å². The van der Waals surface area contributed by atoms with E-state index in [0.29, 0.717) is 13.2 Å². The number of methoxy groups -OCH3 is 1. The third-order valence-corrected chi connectivity index (χ3v) is 3.00. The predicted molar refractivity (Wildman–Crippen MR) is 74.0 cm³/mol. The van der Waals surface area contributed by atoms with Gasteiger partial charge in [-0.25, -0.2) is 0 Å². The molecule has 0 N–H and O–H groups in total. The number of benzene rings is 2. The van der Waals surface area contributed by atoms with Crippen molar-refractivity contribution in [2.75, 3.05) is 20.3 Å². The highest BCUT2D eigenvalue weighted by atomic mass is 127. The zero-order valence-electron chi connectivity index (χ0n) is 9.07. The average Bonchev–Trinajstić information content (AvgIpc) is 2.29. The third kappa shape index (κ3) is 2.86. The van der Waals surface area contributed by atoms with Gasteiger partial charge in [-0.2, -0.15) is 0 Å².